The van der Waals surface area contributed by atoms with Crippen LogP contribution in [0.3, 0.4) is 0 Å². The van der Waals surface area contributed by atoms with Crippen molar-refractivity contribution in [3.8, 4) is 0 Å². The van der Waals surface area contributed by atoms with Crippen molar-refractivity contribution in [3.05, 3.63) is 29.6 Å². The molecule has 0 spiro atoms. The van der Waals surface area contributed by atoms with Gasteiger partial charge in [-0.1, -0.05) is 6.92 Å². The molecule has 6 heteroatoms. The summed E-state index contributed by atoms with van der Waals surface area (Å²) in [6, 6.07) is 3.64. The van der Waals surface area contributed by atoms with Gasteiger partial charge in [-0.3, -0.25) is 0 Å². The van der Waals surface area contributed by atoms with Crippen LogP contribution in [-0.2, 0) is 13.2 Å². The van der Waals surface area contributed by atoms with Gasteiger partial charge >= 0.3 is 6.18 Å². The molecule has 0 radical (unpaired) electrons. The summed E-state index contributed by atoms with van der Waals surface area (Å²) in [5, 5.41) is 0. The fourth-order valence-electron chi connectivity index (χ4n) is 2.21. The summed E-state index contributed by atoms with van der Waals surface area (Å²) >= 11 is 0. The molecule has 0 aliphatic heterocycles. The quantitative estimate of drug-likeness (QED) is 0.932. The Hall–Kier alpha value is -1.56. The summed E-state index contributed by atoms with van der Waals surface area (Å²) in [6.45, 7) is 2.50. The molecule has 1 heterocycles. The summed E-state index contributed by atoms with van der Waals surface area (Å²) in [7, 11) is 1.81. The van der Waals surface area contributed by atoms with Crippen molar-refractivity contribution in [2.45, 2.75) is 25.4 Å². The van der Waals surface area contributed by atoms with E-state index in [0.29, 0.717) is 17.6 Å². The molecule has 19 heavy (non-hydrogen) atoms. The molecule has 2 N–H and O–H groups in total. The molecule has 3 nitrogen and oxygen atoms in total. The van der Waals surface area contributed by atoms with E-state index in [1.807, 2.05) is 18.5 Å². The Morgan fingerprint density at radius 3 is 2.63 bits per heavy atom. The van der Waals surface area contributed by atoms with Crippen molar-refractivity contribution in [2.75, 3.05) is 6.54 Å². The molecule has 0 amide bonds. The van der Waals surface area contributed by atoms with E-state index in [4.69, 9.17) is 5.73 Å². The number of nitrogens with zero attached hydrogens (tertiary/aromatic N) is 2. The molecule has 0 bridgehead atoms. The molecule has 0 saturated carbocycles. The van der Waals surface area contributed by atoms with E-state index in [1.54, 1.807) is 0 Å². The normalized spacial score (nSPS) is 14.0. The lowest BCUT2D eigenvalue weighted by Crippen LogP contribution is -2.08. The molecule has 1 aromatic carbocycles. The number of halogens is 3. The highest BCUT2D eigenvalue weighted by Gasteiger charge is 2.31. The molecule has 0 aliphatic carbocycles. The van der Waals surface area contributed by atoms with E-state index in [-0.39, 0.29) is 5.92 Å². The molecule has 2 rings (SSSR count). The van der Waals surface area contributed by atoms with E-state index < -0.39 is 11.7 Å². The van der Waals surface area contributed by atoms with Crippen molar-refractivity contribution in [1.82, 2.24) is 9.55 Å². The van der Waals surface area contributed by atoms with Crippen LogP contribution in [0.15, 0.2) is 18.2 Å². The van der Waals surface area contributed by atoms with Gasteiger partial charge in [-0.05, 0) is 31.2 Å². The first-order valence-electron chi connectivity index (χ1n) is 6.08. The minimum atomic E-state index is -4.34. The predicted molar refractivity (Wildman–Crippen MR) is 67.8 cm³/mol. The van der Waals surface area contributed by atoms with Gasteiger partial charge in [-0.25, -0.2) is 4.98 Å². The summed E-state index contributed by atoms with van der Waals surface area (Å²) in [4.78, 5) is 4.31. The minimum absolute atomic E-state index is 0.122. The number of rotatable bonds is 3. The van der Waals surface area contributed by atoms with Crippen LogP contribution in [0.25, 0.3) is 11.0 Å². The summed E-state index contributed by atoms with van der Waals surface area (Å²) < 4.78 is 39.8. The molecule has 1 unspecified atom stereocenters. The third-order valence-electron chi connectivity index (χ3n) is 3.28. The van der Waals surface area contributed by atoms with Crippen LogP contribution in [0.4, 0.5) is 13.2 Å². The van der Waals surface area contributed by atoms with E-state index in [9.17, 15) is 13.2 Å². The van der Waals surface area contributed by atoms with E-state index in [2.05, 4.69) is 4.98 Å². The molecule has 104 valence electrons. The largest absolute Gasteiger partial charge is 0.416 e. The van der Waals surface area contributed by atoms with Crippen LogP contribution >= 0.6 is 0 Å². The van der Waals surface area contributed by atoms with E-state index in [1.165, 1.54) is 6.07 Å². The van der Waals surface area contributed by atoms with Crippen LogP contribution in [0, 0.1) is 0 Å². The van der Waals surface area contributed by atoms with Crippen molar-refractivity contribution < 1.29 is 13.2 Å². The molecule has 0 fully saturated rings. The Labute approximate surface area is 109 Å². The highest BCUT2D eigenvalue weighted by Crippen LogP contribution is 2.32. The van der Waals surface area contributed by atoms with Gasteiger partial charge in [0.05, 0.1) is 16.6 Å². The average molecular weight is 271 g/mol. The monoisotopic (exact) mass is 271 g/mol. The standard InChI is InChI=1S/C13H16F3N3/c1-8(5-6-17)12-18-10-7-9(13(14,15)16)3-4-11(10)19(12)2/h3-4,7-8H,5-6,17H2,1-2H3. The smallest absolute Gasteiger partial charge is 0.331 e. The van der Waals surface area contributed by atoms with Crippen LogP contribution < -0.4 is 5.73 Å². The van der Waals surface area contributed by atoms with Crippen molar-refractivity contribution in [1.29, 1.82) is 0 Å². The van der Waals surface area contributed by atoms with Gasteiger partial charge in [-0.15, -0.1) is 0 Å². The zero-order valence-electron chi connectivity index (χ0n) is 10.8. The molecule has 2 aromatic rings. The van der Waals surface area contributed by atoms with Gasteiger partial charge in [0.15, 0.2) is 0 Å². The summed E-state index contributed by atoms with van der Waals surface area (Å²) in [5.74, 6) is 0.886. The third kappa shape index (κ3) is 2.58. The lowest BCUT2D eigenvalue weighted by molar-refractivity contribution is -0.137. The van der Waals surface area contributed by atoms with Crippen molar-refractivity contribution in [2.24, 2.45) is 12.8 Å². The maximum absolute atomic E-state index is 12.7. The number of alkyl halides is 3. The molecule has 0 aliphatic rings. The second-order valence-electron chi connectivity index (χ2n) is 4.71. The fourth-order valence-corrected chi connectivity index (χ4v) is 2.21. The highest BCUT2D eigenvalue weighted by atomic mass is 19.4. The Morgan fingerprint density at radius 2 is 2.05 bits per heavy atom. The predicted octanol–water partition coefficient (Wildman–Crippen LogP) is 3.04. The number of hydrogen-bond acceptors (Lipinski definition) is 2. The molecule has 0 saturated heterocycles. The molecular formula is C13H16F3N3. The minimum Gasteiger partial charge on any atom is -0.331 e. The lowest BCUT2D eigenvalue weighted by atomic mass is 10.1. The molecule has 1 atom stereocenters. The number of hydrogen-bond donors (Lipinski definition) is 1. The third-order valence-corrected chi connectivity index (χ3v) is 3.28. The Balaban J connectivity index is 2.51. The Kier molecular flexibility index (Phi) is 3.54. The van der Waals surface area contributed by atoms with Gasteiger partial charge in [0, 0.05) is 13.0 Å². The number of aryl methyl sites for hydroxylation is 1. The first kappa shape index (κ1) is 13.9. The fraction of sp³-hybridized carbons (Fsp3) is 0.462. The summed E-state index contributed by atoms with van der Waals surface area (Å²) in [5.41, 5.74) is 5.91. The zero-order chi connectivity index (χ0) is 14.2. The Bertz CT molecular complexity index is 587. The van der Waals surface area contributed by atoms with Crippen molar-refractivity contribution in [3.63, 3.8) is 0 Å². The first-order chi connectivity index (χ1) is 8.84. The SMILES string of the molecule is CC(CCN)c1nc2cc(C(F)(F)F)ccc2n1C. The van der Waals surface area contributed by atoms with E-state index in [0.717, 1.165) is 24.4 Å². The number of fused-ring (bicyclic) bond motifs is 1. The highest BCUT2D eigenvalue weighted by molar-refractivity contribution is 5.77. The van der Waals surface area contributed by atoms with Gasteiger partial charge < -0.3 is 10.3 Å². The molecule has 1 aromatic heterocycles. The lowest BCUT2D eigenvalue weighted by Gasteiger charge is -2.09. The molecular weight excluding hydrogens is 255 g/mol. The van der Waals surface area contributed by atoms with Gasteiger partial charge in [0.25, 0.3) is 0 Å². The number of aromatic nitrogens is 2. The summed E-state index contributed by atoms with van der Waals surface area (Å²) in [6.07, 6.45) is -3.59. The van der Waals surface area contributed by atoms with Gasteiger partial charge in [0.1, 0.15) is 5.82 Å². The van der Waals surface area contributed by atoms with Crippen LogP contribution in [-0.4, -0.2) is 16.1 Å². The number of benzene rings is 1. The van der Waals surface area contributed by atoms with Crippen molar-refractivity contribution >= 4 is 11.0 Å². The van der Waals surface area contributed by atoms with Gasteiger partial charge in [0.2, 0.25) is 0 Å². The van der Waals surface area contributed by atoms with Gasteiger partial charge in [-0.2, -0.15) is 13.2 Å². The topological polar surface area (TPSA) is 43.8 Å². The van der Waals surface area contributed by atoms with Crippen LogP contribution in [0.1, 0.15) is 30.7 Å². The number of nitrogens with two attached hydrogens (primary N) is 1. The first-order valence-corrected chi connectivity index (χ1v) is 6.08. The van der Waals surface area contributed by atoms with E-state index >= 15 is 0 Å². The number of imidazole rings is 1. The second-order valence-corrected chi connectivity index (χ2v) is 4.71. The van der Waals surface area contributed by atoms with Crippen LogP contribution in [0.5, 0.6) is 0 Å². The Morgan fingerprint density at radius 1 is 1.37 bits per heavy atom. The average Bonchev–Trinajstić information content (AvgIpc) is 2.66. The maximum Gasteiger partial charge on any atom is 0.416 e. The maximum atomic E-state index is 12.7. The second kappa shape index (κ2) is 4.85. The zero-order valence-corrected chi connectivity index (χ0v) is 10.8. The van der Waals surface area contributed by atoms with Crippen LogP contribution in [0.2, 0.25) is 0 Å².